The Labute approximate surface area is 86.6 Å². The minimum atomic E-state index is 0.0384. The van der Waals surface area contributed by atoms with Gasteiger partial charge in [-0.1, -0.05) is 0 Å². The molecule has 0 aliphatic carbocycles. The van der Waals surface area contributed by atoms with Gasteiger partial charge in [0.2, 0.25) is 0 Å². The van der Waals surface area contributed by atoms with Crippen LogP contribution >= 0.6 is 11.3 Å². The number of pyridine rings is 1. The first kappa shape index (κ1) is 9.34. The lowest BCUT2D eigenvalue weighted by Crippen LogP contribution is -1.98. The predicted molar refractivity (Wildman–Crippen MR) is 59.1 cm³/mol. The normalized spacial score (nSPS) is 10.8. The highest BCUT2D eigenvalue weighted by Gasteiger charge is 2.10. The van der Waals surface area contributed by atoms with Crippen LogP contribution < -0.4 is 0 Å². The minimum Gasteiger partial charge on any atom is -0.293 e. The molecule has 0 N–H and O–H groups in total. The first-order valence-corrected chi connectivity index (χ1v) is 5.28. The molecule has 2 heterocycles. The maximum Gasteiger partial charge on any atom is 0.178 e. The summed E-state index contributed by atoms with van der Waals surface area (Å²) in [5.41, 5.74) is 1.51. The molecule has 2 rings (SSSR count). The molecule has 0 radical (unpaired) electrons. The third-order valence-electron chi connectivity index (χ3n) is 2.10. The summed E-state index contributed by atoms with van der Waals surface area (Å²) in [6, 6.07) is 4.06. The van der Waals surface area contributed by atoms with Gasteiger partial charge in [-0.15, -0.1) is 11.3 Å². The zero-order valence-corrected chi connectivity index (χ0v) is 9.23. The number of carbonyl (C=O) groups is 1. The number of thiophene rings is 1. The largest absolute Gasteiger partial charge is 0.293 e. The van der Waals surface area contributed by atoms with Crippen molar-refractivity contribution in [2.75, 3.05) is 0 Å². The van der Waals surface area contributed by atoms with Crippen LogP contribution in [0.15, 0.2) is 12.1 Å². The molecule has 0 atom stereocenters. The highest BCUT2D eigenvalue weighted by Crippen LogP contribution is 2.27. The fourth-order valence-electron chi connectivity index (χ4n) is 1.55. The monoisotopic (exact) mass is 205 g/mol. The lowest BCUT2D eigenvalue weighted by molar-refractivity contribution is 0.101. The second-order valence-corrected chi connectivity index (χ2v) is 4.73. The van der Waals surface area contributed by atoms with Crippen molar-refractivity contribution in [1.29, 1.82) is 0 Å². The standard InChI is InChI=1S/C11H11NOS/c1-6-4-10-9(5-7(2)14-10)11(12-6)8(3)13/h4-5H,1-3H3. The number of Topliss-reactive ketones (excluding diaryl/α,β-unsaturated/α-hetero) is 1. The van der Waals surface area contributed by atoms with Gasteiger partial charge in [0.15, 0.2) is 5.78 Å². The molecule has 72 valence electrons. The average Bonchev–Trinajstić information content (AvgIpc) is 2.42. The Morgan fingerprint density at radius 3 is 2.71 bits per heavy atom. The molecule has 0 bridgehead atoms. The fourth-order valence-corrected chi connectivity index (χ4v) is 2.57. The first-order valence-electron chi connectivity index (χ1n) is 4.46. The van der Waals surface area contributed by atoms with E-state index in [1.165, 1.54) is 4.88 Å². The van der Waals surface area contributed by atoms with Crippen LogP contribution in [0.5, 0.6) is 0 Å². The maximum absolute atomic E-state index is 11.4. The van der Waals surface area contributed by atoms with Crippen molar-refractivity contribution in [3.05, 3.63) is 28.4 Å². The van der Waals surface area contributed by atoms with Gasteiger partial charge in [0.05, 0.1) is 0 Å². The van der Waals surface area contributed by atoms with Crippen LogP contribution in [0, 0.1) is 13.8 Å². The Balaban J connectivity index is 2.85. The molecular formula is C11H11NOS. The molecule has 0 fully saturated rings. The van der Waals surface area contributed by atoms with Gasteiger partial charge in [-0.2, -0.15) is 0 Å². The number of nitrogens with zero attached hydrogens (tertiary/aromatic N) is 1. The van der Waals surface area contributed by atoms with Crippen molar-refractivity contribution in [3.8, 4) is 0 Å². The van der Waals surface area contributed by atoms with Gasteiger partial charge in [-0.3, -0.25) is 4.79 Å². The van der Waals surface area contributed by atoms with Crippen LogP contribution in [-0.2, 0) is 0 Å². The molecule has 0 aromatic carbocycles. The number of carbonyl (C=O) groups excluding carboxylic acids is 1. The lowest BCUT2D eigenvalue weighted by Gasteiger charge is -1.99. The summed E-state index contributed by atoms with van der Waals surface area (Å²) in [5.74, 6) is 0.0384. The molecule has 0 aliphatic rings. The van der Waals surface area contributed by atoms with Crippen LogP contribution in [0.1, 0.15) is 28.0 Å². The van der Waals surface area contributed by atoms with E-state index in [0.717, 1.165) is 15.8 Å². The molecule has 14 heavy (non-hydrogen) atoms. The zero-order chi connectivity index (χ0) is 10.3. The second-order valence-electron chi connectivity index (χ2n) is 3.44. The highest BCUT2D eigenvalue weighted by molar-refractivity contribution is 7.19. The van der Waals surface area contributed by atoms with Gasteiger partial charge in [0.1, 0.15) is 5.69 Å². The third-order valence-corrected chi connectivity index (χ3v) is 3.10. The molecule has 0 aliphatic heterocycles. The summed E-state index contributed by atoms with van der Waals surface area (Å²) in [4.78, 5) is 16.9. The molecule has 0 saturated carbocycles. The summed E-state index contributed by atoms with van der Waals surface area (Å²) < 4.78 is 1.15. The highest BCUT2D eigenvalue weighted by atomic mass is 32.1. The lowest BCUT2D eigenvalue weighted by atomic mass is 10.1. The fraction of sp³-hybridized carbons (Fsp3) is 0.273. The van der Waals surface area contributed by atoms with Crippen molar-refractivity contribution < 1.29 is 4.79 Å². The Morgan fingerprint density at radius 1 is 1.36 bits per heavy atom. The number of aromatic nitrogens is 1. The van der Waals surface area contributed by atoms with Crippen molar-refractivity contribution in [1.82, 2.24) is 4.98 Å². The second kappa shape index (κ2) is 3.17. The molecule has 2 nitrogen and oxygen atoms in total. The Hall–Kier alpha value is -1.22. The van der Waals surface area contributed by atoms with Crippen LogP contribution in [0.2, 0.25) is 0 Å². The van der Waals surface area contributed by atoms with E-state index in [1.807, 2.05) is 26.0 Å². The molecule has 0 unspecified atom stereocenters. The minimum absolute atomic E-state index is 0.0384. The molecular weight excluding hydrogens is 194 g/mol. The summed E-state index contributed by atoms with van der Waals surface area (Å²) in [7, 11) is 0. The number of rotatable bonds is 1. The smallest absolute Gasteiger partial charge is 0.178 e. The molecule has 0 saturated heterocycles. The van der Waals surface area contributed by atoms with Crippen molar-refractivity contribution in [2.45, 2.75) is 20.8 Å². The van der Waals surface area contributed by atoms with Crippen molar-refractivity contribution >= 4 is 27.2 Å². The maximum atomic E-state index is 11.4. The van der Waals surface area contributed by atoms with Crippen molar-refractivity contribution in [2.24, 2.45) is 0 Å². The van der Waals surface area contributed by atoms with E-state index >= 15 is 0 Å². The van der Waals surface area contributed by atoms with Gasteiger partial charge < -0.3 is 0 Å². The Morgan fingerprint density at radius 2 is 2.07 bits per heavy atom. The van der Waals surface area contributed by atoms with E-state index in [4.69, 9.17) is 0 Å². The number of hydrogen-bond donors (Lipinski definition) is 0. The quantitative estimate of drug-likeness (QED) is 0.669. The van der Waals surface area contributed by atoms with E-state index in [0.29, 0.717) is 5.69 Å². The summed E-state index contributed by atoms with van der Waals surface area (Å²) >= 11 is 1.71. The van der Waals surface area contributed by atoms with E-state index < -0.39 is 0 Å². The van der Waals surface area contributed by atoms with Gasteiger partial charge in [0.25, 0.3) is 0 Å². The van der Waals surface area contributed by atoms with E-state index in [9.17, 15) is 4.79 Å². The average molecular weight is 205 g/mol. The van der Waals surface area contributed by atoms with Gasteiger partial charge >= 0.3 is 0 Å². The van der Waals surface area contributed by atoms with E-state index in [2.05, 4.69) is 4.98 Å². The molecule has 0 spiro atoms. The molecule has 0 amide bonds. The number of fused-ring (bicyclic) bond motifs is 1. The summed E-state index contributed by atoms with van der Waals surface area (Å²) in [6.45, 7) is 5.53. The molecule has 2 aromatic heterocycles. The Kier molecular flexibility index (Phi) is 2.11. The summed E-state index contributed by atoms with van der Waals surface area (Å²) in [6.07, 6.45) is 0. The molecule has 3 heteroatoms. The van der Waals surface area contributed by atoms with Crippen LogP contribution in [0.3, 0.4) is 0 Å². The SMILES string of the molecule is CC(=O)c1nc(C)cc2sc(C)cc12. The van der Waals surface area contributed by atoms with Crippen LogP contribution in [0.25, 0.3) is 10.1 Å². The summed E-state index contributed by atoms with van der Waals surface area (Å²) in [5, 5.41) is 0.991. The van der Waals surface area contributed by atoms with Gasteiger partial charge in [0, 0.05) is 27.6 Å². The van der Waals surface area contributed by atoms with Crippen LogP contribution in [0.4, 0.5) is 0 Å². The number of hydrogen-bond acceptors (Lipinski definition) is 3. The first-order chi connectivity index (χ1) is 6.58. The zero-order valence-electron chi connectivity index (χ0n) is 8.42. The topological polar surface area (TPSA) is 30.0 Å². The predicted octanol–water partition coefficient (Wildman–Crippen LogP) is 3.12. The third kappa shape index (κ3) is 1.44. The molecule has 2 aromatic rings. The number of ketones is 1. The van der Waals surface area contributed by atoms with E-state index in [1.54, 1.807) is 18.3 Å². The number of aryl methyl sites for hydroxylation is 2. The van der Waals surface area contributed by atoms with Gasteiger partial charge in [-0.05, 0) is 26.0 Å². The van der Waals surface area contributed by atoms with Crippen molar-refractivity contribution in [3.63, 3.8) is 0 Å². The Bertz CT molecular complexity index is 513. The van der Waals surface area contributed by atoms with E-state index in [-0.39, 0.29) is 5.78 Å². The van der Waals surface area contributed by atoms with Gasteiger partial charge in [-0.25, -0.2) is 4.98 Å². The van der Waals surface area contributed by atoms with Crippen LogP contribution in [-0.4, -0.2) is 10.8 Å².